The zero-order valence-corrected chi connectivity index (χ0v) is 11.9. The standard InChI is InChI=1S/C16H17NO3/c1-10-8-14(12(3)18)11(2)17(10)13-4-5-15-16(9-13)20-7-6-19-15/h4-5,8-9H,6-7H2,1-3H3. The Morgan fingerprint density at radius 2 is 1.80 bits per heavy atom. The second-order valence-electron chi connectivity index (χ2n) is 5.00. The highest BCUT2D eigenvalue weighted by Gasteiger charge is 2.17. The average Bonchev–Trinajstić information content (AvgIpc) is 2.74. The highest BCUT2D eigenvalue weighted by molar-refractivity contribution is 5.95. The van der Waals surface area contributed by atoms with Gasteiger partial charge in [0.15, 0.2) is 17.3 Å². The van der Waals surface area contributed by atoms with Gasteiger partial charge in [-0.15, -0.1) is 0 Å². The number of aromatic nitrogens is 1. The van der Waals surface area contributed by atoms with E-state index in [-0.39, 0.29) is 5.78 Å². The molecule has 3 rings (SSSR count). The predicted molar refractivity (Wildman–Crippen MR) is 76.2 cm³/mol. The summed E-state index contributed by atoms with van der Waals surface area (Å²) < 4.78 is 13.2. The third-order valence-corrected chi connectivity index (χ3v) is 3.59. The maximum absolute atomic E-state index is 11.6. The topological polar surface area (TPSA) is 40.5 Å². The van der Waals surface area contributed by atoms with Gasteiger partial charge in [0, 0.05) is 28.7 Å². The summed E-state index contributed by atoms with van der Waals surface area (Å²) in [4.78, 5) is 11.6. The molecule has 104 valence electrons. The molecule has 0 saturated carbocycles. The van der Waals surface area contributed by atoms with E-state index in [4.69, 9.17) is 9.47 Å². The molecule has 1 aromatic carbocycles. The van der Waals surface area contributed by atoms with E-state index in [0.717, 1.165) is 34.1 Å². The SMILES string of the molecule is CC(=O)c1cc(C)n(-c2ccc3c(c2)OCCO3)c1C. The number of ketones is 1. The number of hydrogen-bond donors (Lipinski definition) is 0. The van der Waals surface area contributed by atoms with Crippen LogP contribution in [0.4, 0.5) is 0 Å². The van der Waals surface area contributed by atoms with Crippen molar-refractivity contribution in [3.8, 4) is 17.2 Å². The molecule has 4 nitrogen and oxygen atoms in total. The van der Waals surface area contributed by atoms with Gasteiger partial charge in [0.25, 0.3) is 0 Å². The molecule has 0 atom stereocenters. The molecule has 0 unspecified atom stereocenters. The van der Waals surface area contributed by atoms with Gasteiger partial charge in [-0.25, -0.2) is 0 Å². The zero-order valence-electron chi connectivity index (χ0n) is 11.9. The van der Waals surface area contributed by atoms with Crippen LogP contribution >= 0.6 is 0 Å². The molecule has 0 N–H and O–H groups in total. The van der Waals surface area contributed by atoms with Crippen LogP contribution in [0.3, 0.4) is 0 Å². The molecule has 0 bridgehead atoms. The second kappa shape index (κ2) is 4.71. The maximum Gasteiger partial charge on any atom is 0.163 e. The number of ether oxygens (including phenoxy) is 2. The van der Waals surface area contributed by atoms with Crippen molar-refractivity contribution in [3.05, 3.63) is 41.2 Å². The Morgan fingerprint density at radius 3 is 2.45 bits per heavy atom. The summed E-state index contributed by atoms with van der Waals surface area (Å²) in [6.45, 7) is 6.70. The van der Waals surface area contributed by atoms with Gasteiger partial charge in [-0.05, 0) is 39.0 Å². The van der Waals surface area contributed by atoms with E-state index in [1.165, 1.54) is 0 Å². The number of fused-ring (bicyclic) bond motifs is 1. The van der Waals surface area contributed by atoms with Gasteiger partial charge in [-0.2, -0.15) is 0 Å². The van der Waals surface area contributed by atoms with Crippen LogP contribution in [0, 0.1) is 13.8 Å². The van der Waals surface area contributed by atoms with Crippen LogP contribution in [-0.2, 0) is 0 Å². The summed E-state index contributed by atoms with van der Waals surface area (Å²) in [6, 6.07) is 7.78. The van der Waals surface area contributed by atoms with Crippen molar-refractivity contribution in [2.24, 2.45) is 0 Å². The number of carbonyl (C=O) groups is 1. The Hall–Kier alpha value is -2.23. The van der Waals surface area contributed by atoms with Crippen LogP contribution in [-0.4, -0.2) is 23.6 Å². The fourth-order valence-electron chi connectivity index (χ4n) is 2.69. The van der Waals surface area contributed by atoms with Crippen molar-refractivity contribution in [1.82, 2.24) is 4.57 Å². The van der Waals surface area contributed by atoms with Gasteiger partial charge in [-0.1, -0.05) is 0 Å². The van der Waals surface area contributed by atoms with Crippen LogP contribution in [0.1, 0.15) is 28.7 Å². The fraction of sp³-hybridized carbons (Fsp3) is 0.312. The molecular weight excluding hydrogens is 254 g/mol. The quantitative estimate of drug-likeness (QED) is 0.788. The summed E-state index contributed by atoms with van der Waals surface area (Å²) in [6.07, 6.45) is 0. The van der Waals surface area contributed by atoms with Crippen molar-refractivity contribution in [3.63, 3.8) is 0 Å². The Balaban J connectivity index is 2.11. The first-order valence-corrected chi connectivity index (χ1v) is 6.68. The average molecular weight is 271 g/mol. The molecule has 1 aliphatic rings. The van der Waals surface area contributed by atoms with E-state index in [1.807, 2.05) is 38.1 Å². The molecule has 0 saturated heterocycles. The van der Waals surface area contributed by atoms with E-state index in [1.54, 1.807) is 6.92 Å². The van der Waals surface area contributed by atoms with Crippen molar-refractivity contribution in [2.45, 2.75) is 20.8 Å². The Bertz CT molecular complexity index is 685. The number of hydrogen-bond acceptors (Lipinski definition) is 3. The molecule has 20 heavy (non-hydrogen) atoms. The number of nitrogens with zero attached hydrogens (tertiary/aromatic N) is 1. The van der Waals surface area contributed by atoms with E-state index in [2.05, 4.69) is 4.57 Å². The van der Waals surface area contributed by atoms with Crippen molar-refractivity contribution < 1.29 is 14.3 Å². The molecule has 0 radical (unpaired) electrons. The summed E-state index contributed by atoms with van der Waals surface area (Å²) in [5.41, 5.74) is 3.73. The number of rotatable bonds is 2. The van der Waals surface area contributed by atoms with Gasteiger partial charge in [0.05, 0.1) is 0 Å². The Morgan fingerprint density at radius 1 is 1.10 bits per heavy atom. The van der Waals surface area contributed by atoms with E-state index in [9.17, 15) is 4.79 Å². The molecule has 4 heteroatoms. The lowest BCUT2D eigenvalue weighted by atomic mass is 10.2. The smallest absolute Gasteiger partial charge is 0.163 e. The molecule has 0 spiro atoms. The third kappa shape index (κ3) is 1.97. The first-order valence-electron chi connectivity index (χ1n) is 6.68. The minimum atomic E-state index is 0.0851. The lowest BCUT2D eigenvalue weighted by molar-refractivity contribution is 0.101. The lowest BCUT2D eigenvalue weighted by Gasteiger charge is -2.20. The minimum absolute atomic E-state index is 0.0851. The zero-order chi connectivity index (χ0) is 14.3. The molecule has 2 aromatic rings. The van der Waals surface area contributed by atoms with Gasteiger partial charge in [0.1, 0.15) is 13.2 Å². The predicted octanol–water partition coefficient (Wildman–Crippen LogP) is 3.07. The highest BCUT2D eigenvalue weighted by Crippen LogP contribution is 2.33. The molecule has 0 amide bonds. The summed E-state index contributed by atoms with van der Waals surface area (Å²) in [7, 11) is 0. The van der Waals surface area contributed by atoms with Crippen LogP contribution < -0.4 is 9.47 Å². The molecule has 2 heterocycles. The minimum Gasteiger partial charge on any atom is -0.486 e. The number of Topliss-reactive ketones (excluding diaryl/α,β-unsaturated/α-hetero) is 1. The van der Waals surface area contributed by atoms with E-state index in [0.29, 0.717) is 13.2 Å². The van der Waals surface area contributed by atoms with Crippen LogP contribution in [0.15, 0.2) is 24.3 Å². The van der Waals surface area contributed by atoms with Gasteiger partial charge in [0.2, 0.25) is 0 Å². The third-order valence-electron chi connectivity index (χ3n) is 3.59. The summed E-state index contributed by atoms with van der Waals surface area (Å²) >= 11 is 0. The van der Waals surface area contributed by atoms with Gasteiger partial charge >= 0.3 is 0 Å². The van der Waals surface area contributed by atoms with E-state index < -0.39 is 0 Å². The molecular formula is C16H17NO3. The number of benzene rings is 1. The van der Waals surface area contributed by atoms with Crippen molar-refractivity contribution >= 4 is 5.78 Å². The van der Waals surface area contributed by atoms with Gasteiger partial charge < -0.3 is 14.0 Å². The molecule has 1 aliphatic heterocycles. The Labute approximate surface area is 117 Å². The number of carbonyl (C=O) groups excluding carboxylic acids is 1. The van der Waals surface area contributed by atoms with Crippen LogP contribution in [0.2, 0.25) is 0 Å². The van der Waals surface area contributed by atoms with E-state index >= 15 is 0 Å². The van der Waals surface area contributed by atoms with Crippen LogP contribution in [0.25, 0.3) is 5.69 Å². The molecule has 0 aliphatic carbocycles. The van der Waals surface area contributed by atoms with Crippen molar-refractivity contribution in [1.29, 1.82) is 0 Å². The highest BCUT2D eigenvalue weighted by atomic mass is 16.6. The maximum atomic E-state index is 11.6. The van der Waals surface area contributed by atoms with Gasteiger partial charge in [-0.3, -0.25) is 4.79 Å². The van der Waals surface area contributed by atoms with Crippen molar-refractivity contribution in [2.75, 3.05) is 13.2 Å². The lowest BCUT2D eigenvalue weighted by Crippen LogP contribution is -2.15. The second-order valence-corrected chi connectivity index (χ2v) is 5.00. The number of aryl methyl sites for hydroxylation is 1. The fourth-order valence-corrected chi connectivity index (χ4v) is 2.69. The normalized spacial score (nSPS) is 13.3. The van der Waals surface area contributed by atoms with Crippen LogP contribution in [0.5, 0.6) is 11.5 Å². The molecule has 0 fully saturated rings. The summed E-state index contributed by atoms with van der Waals surface area (Å²) in [5, 5.41) is 0. The molecule has 1 aromatic heterocycles. The Kier molecular flexibility index (Phi) is 3.01. The monoisotopic (exact) mass is 271 g/mol. The first kappa shape index (κ1) is 12.8. The summed E-state index contributed by atoms with van der Waals surface area (Å²) in [5.74, 6) is 1.61. The largest absolute Gasteiger partial charge is 0.486 e. The first-order chi connectivity index (χ1) is 9.58.